The van der Waals surface area contributed by atoms with Gasteiger partial charge in [0.15, 0.2) is 6.73 Å². The van der Waals surface area contributed by atoms with Gasteiger partial charge in [0.1, 0.15) is 0 Å². The average molecular weight is 485 g/mol. The zero-order chi connectivity index (χ0) is 24.8. The van der Waals surface area contributed by atoms with E-state index in [0.29, 0.717) is 28.9 Å². The number of esters is 1. The molecule has 0 spiro atoms. The van der Waals surface area contributed by atoms with Crippen molar-refractivity contribution in [3.8, 4) is 0 Å². The Balaban J connectivity index is 1.39. The number of sulfonamides is 1. The molecule has 2 amide bonds. The number of fused-ring (bicyclic) bond motifs is 1. The van der Waals surface area contributed by atoms with Crippen LogP contribution < -0.4 is 0 Å². The minimum atomic E-state index is -3.70. The number of hydrogen-bond acceptors (Lipinski definition) is 6. The molecule has 0 atom stereocenters. The van der Waals surface area contributed by atoms with Gasteiger partial charge in [0.2, 0.25) is 10.0 Å². The average Bonchev–Trinajstić information content (AvgIpc) is 3.06. The number of hydrogen-bond donors (Lipinski definition) is 0. The third kappa shape index (κ3) is 4.03. The summed E-state index contributed by atoms with van der Waals surface area (Å²) in [6.07, 6.45) is 0.617. The van der Waals surface area contributed by atoms with E-state index in [4.69, 9.17) is 4.74 Å². The Morgan fingerprint density at radius 2 is 1.44 bits per heavy atom. The first-order chi connectivity index (χ1) is 16.0. The van der Waals surface area contributed by atoms with Crippen molar-refractivity contribution in [3.63, 3.8) is 0 Å². The van der Waals surface area contributed by atoms with E-state index >= 15 is 0 Å². The molecule has 2 aliphatic rings. The second kappa shape index (κ2) is 8.96. The molecule has 2 heterocycles. The fourth-order valence-electron chi connectivity index (χ4n) is 4.63. The first kappa shape index (κ1) is 24.1. The number of nitrogens with zero attached hydrogens (tertiary/aromatic N) is 2. The van der Waals surface area contributed by atoms with Crippen molar-refractivity contribution in [2.24, 2.45) is 5.92 Å². The molecule has 180 valence electrons. The van der Waals surface area contributed by atoms with Gasteiger partial charge >= 0.3 is 5.97 Å². The second-order valence-electron chi connectivity index (χ2n) is 8.94. The lowest BCUT2D eigenvalue weighted by Gasteiger charge is -2.31. The van der Waals surface area contributed by atoms with E-state index in [2.05, 4.69) is 0 Å². The molecule has 9 heteroatoms. The van der Waals surface area contributed by atoms with Crippen molar-refractivity contribution in [2.45, 2.75) is 45.4 Å². The lowest BCUT2D eigenvalue weighted by molar-refractivity contribution is -0.152. The molecule has 2 aliphatic heterocycles. The van der Waals surface area contributed by atoms with Gasteiger partial charge < -0.3 is 4.74 Å². The van der Waals surface area contributed by atoms with Gasteiger partial charge in [0.25, 0.3) is 11.8 Å². The third-order valence-electron chi connectivity index (χ3n) is 6.90. The van der Waals surface area contributed by atoms with Crippen molar-refractivity contribution < 1.29 is 27.5 Å². The summed E-state index contributed by atoms with van der Waals surface area (Å²) < 4.78 is 33.6. The quantitative estimate of drug-likeness (QED) is 0.477. The van der Waals surface area contributed by atoms with Gasteiger partial charge in [-0.2, -0.15) is 4.31 Å². The minimum absolute atomic E-state index is 0.195. The van der Waals surface area contributed by atoms with Crippen LogP contribution in [0.4, 0.5) is 0 Å². The van der Waals surface area contributed by atoms with E-state index in [1.54, 1.807) is 24.3 Å². The Hall–Kier alpha value is -3.04. The smallest absolute Gasteiger partial charge is 0.310 e. The highest BCUT2D eigenvalue weighted by molar-refractivity contribution is 7.89. The van der Waals surface area contributed by atoms with E-state index in [-0.39, 0.29) is 13.1 Å². The SMILES string of the molecule is Cc1cc(C)c(C)c(S(=O)(=O)N2CCC(C(=O)OCN3C(=O)c4ccccc4C3=O)CC2)c1C. The van der Waals surface area contributed by atoms with Crippen LogP contribution >= 0.6 is 0 Å². The molecule has 0 aliphatic carbocycles. The van der Waals surface area contributed by atoms with Gasteiger partial charge in [-0.05, 0) is 74.9 Å². The maximum absolute atomic E-state index is 13.4. The largest absolute Gasteiger partial charge is 0.443 e. The maximum atomic E-state index is 13.4. The van der Waals surface area contributed by atoms with Gasteiger partial charge in [-0.3, -0.25) is 14.4 Å². The predicted octanol–water partition coefficient (Wildman–Crippen LogP) is 3.12. The molecule has 34 heavy (non-hydrogen) atoms. The molecular weight excluding hydrogens is 456 g/mol. The molecule has 0 aromatic heterocycles. The third-order valence-corrected chi connectivity index (χ3v) is 9.07. The van der Waals surface area contributed by atoms with Gasteiger partial charge in [-0.25, -0.2) is 13.3 Å². The van der Waals surface area contributed by atoms with Crippen LogP contribution in [0.2, 0.25) is 0 Å². The molecule has 1 fully saturated rings. The molecular formula is C25H28N2O6S. The van der Waals surface area contributed by atoms with Crippen LogP contribution in [0.1, 0.15) is 55.8 Å². The van der Waals surface area contributed by atoms with Crippen LogP contribution in [0.25, 0.3) is 0 Å². The molecule has 8 nitrogen and oxygen atoms in total. The lowest BCUT2D eigenvalue weighted by Crippen LogP contribution is -2.42. The molecule has 4 rings (SSSR count). The predicted molar refractivity (Wildman–Crippen MR) is 125 cm³/mol. The summed E-state index contributed by atoms with van der Waals surface area (Å²) in [6, 6.07) is 8.45. The summed E-state index contributed by atoms with van der Waals surface area (Å²) in [5.41, 5.74) is 3.91. The van der Waals surface area contributed by atoms with Crippen LogP contribution in [0, 0.1) is 33.6 Å². The van der Waals surface area contributed by atoms with E-state index in [1.807, 2.05) is 33.8 Å². The van der Waals surface area contributed by atoms with Crippen molar-refractivity contribution in [3.05, 3.63) is 63.7 Å². The molecule has 0 N–H and O–H groups in total. The zero-order valence-electron chi connectivity index (χ0n) is 19.8. The fraction of sp³-hybridized carbons (Fsp3) is 0.400. The Morgan fingerprint density at radius 3 is 1.94 bits per heavy atom. The van der Waals surface area contributed by atoms with Gasteiger partial charge in [-0.15, -0.1) is 0 Å². The fourth-order valence-corrected chi connectivity index (χ4v) is 6.68. The van der Waals surface area contributed by atoms with Crippen molar-refractivity contribution in [1.29, 1.82) is 0 Å². The van der Waals surface area contributed by atoms with Crippen molar-refractivity contribution >= 4 is 27.8 Å². The topological polar surface area (TPSA) is 101 Å². The molecule has 0 bridgehead atoms. The van der Waals surface area contributed by atoms with E-state index in [1.165, 1.54) is 4.31 Å². The Morgan fingerprint density at radius 1 is 0.941 bits per heavy atom. The number of carbonyl (C=O) groups excluding carboxylic acids is 3. The Kier molecular flexibility index (Phi) is 6.35. The van der Waals surface area contributed by atoms with E-state index in [9.17, 15) is 22.8 Å². The highest BCUT2D eigenvalue weighted by Crippen LogP contribution is 2.31. The Bertz CT molecular complexity index is 1230. The van der Waals surface area contributed by atoms with Crippen LogP contribution in [0.15, 0.2) is 35.2 Å². The van der Waals surface area contributed by atoms with Gasteiger partial charge in [0.05, 0.1) is 21.9 Å². The van der Waals surface area contributed by atoms with Crippen molar-refractivity contribution in [2.75, 3.05) is 19.8 Å². The van der Waals surface area contributed by atoms with Crippen LogP contribution in [0.5, 0.6) is 0 Å². The zero-order valence-corrected chi connectivity index (χ0v) is 20.6. The summed E-state index contributed by atoms with van der Waals surface area (Å²) in [4.78, 5) is 38.7. The lowest BCUT2D eigenvalue weighted by atomic mass is 9.98. The summed E-state index contributed by atoms with van der Waals surface area (Å²) in [7, 11) is -3.70. The van der Waals surface area contributed by atoms with Crippen LogP contribution in [-0.4, -0.2) is 55.2 Å². The normalized spacial score (nSPS) is 17.2. The first-order valence-corrected chi connectivity index (χ1v) is 12.7. The maximum Gasteiger partial charge on any atom is 0.310 e. The standard InChI is InChI=1S/C25H28N2O6S/c1-15-13-16(2)18(4)22(17(15)3)34(31,32)26-11-9-19(10-12-26)25(30)33-14-27-23(28)20-7-5-6-8-21(20)24(27)29/h5-8,13,19H,9-12,14H2,1-4H3. The molecule has 2 aromatic rings. The number of aryl methyl sites for hydroxylation is 2. The number of carbonyl (C=O) groups is 3. The number of rotatable bonds is 5. The molecule has 0 radical (unpaired) electrons. The summed E-state index contributed by atoms with van der Waals surface area (Å²) in [5, 5.41) is 0. The summed E-state index contributed by atoms with van der Waals surface area (Å²) in [5.74, 6) is -2.02. The van der Waals surface area contributed by atoms with E-state index < -0.39 is 40.5 Å². The molecule has 0 unspecified atom stereocenters. The molecule has 1 saturated heterocycles. The number of piperidine rings is 1. The molecule has 0 saturated carbocycles. The Labute approximate surface area is 199 Å². The van der Waals surface area contributed by atoms with Gasteiger partial charge in [0, 0.05) is 13.1 Å². The van der Waals surface area contributed by atoms with E-state index in [0.717, 1.165) is 27.2 Å². The monoisotopic (exact) mass is 484 g/mol. The molecule has 2 aromatic carbocycles. The number of amides is 2. The van der Waals surface area contributed by atoms with Crippen molar-refractivity contribution in [1.82, 2.24) is 9.21 Å². The highest BCUT2D eigenvalue weighted by Gasteiger charge is 2.38. The van der Waals surface area contributed by atoms with Crippen LogP contribution in [-0.2, 0) is 19.6 Å². The minimum Gasteiger partial charge on any atom is -0.443 e. The second-order valence-corrected chi connectivity index (χ2v) is 10.8. The summed E-state index contributed by atoms with van der Waals surface area (Å²) >= 11 is 0. The summed E-state index contributed by atoms with van der Waals surface area (Å²) in [6.45, 7) is 7.37. The number of imide groups is 1. The van der Waals surface area contributed by atoms with Crippen LogP contribution in [0.3, 0.4) is 0 Å². The highest BCUT2D eigenvalue weighted by atomic mass is 32.2. The van der Waals surface area contributed by atoms with Gasteiger partial charge in [-0.1, -0.05) is 18.2 Å². The number of ether oxygens (including phenoxy) is 1. The number of benzene rings is 2. The first-order valence-electron chi connectivity index (χ1n) is 11.2.